The molecule has 0 aromatic carbocycles. The van der Waals surface area contributed by atoms with Crippen LogP contribution < -0.4 is 11.5 Å². The van der Waals surface area contributed by atoms with E-state index in [4.69, 9.17) is 16.2 Å². The second-order valence-corrected chi connectivity index (χ2v) is 6.28. The number of aliphatic hydroxyl groups excluding tert-OH is 1. The predicted octanol–water partition coefficient (Wildman–Crippen LogP) is -0.253. The van der Waals surface area contributed by atoms with Crippen molar-refractivity contribution in [2.24, 2.45) is 5.73 Å². The lowest BCUT2D eigenvalue weighted by molar-refractivity contribution is -0.0223. The Labute approximate surface area is 125 Å². The number of nitrogens with zero attached hydrogens (tertiary/aromatic N) is 4. The van der Waals surface area contributed by atoms with E-state index in [-0.39, 0.29) is 24.1 Å². The number of nitrogens with two attached hydrogens (primary N) is 2. The number of thioether (sulfide) groups is 1. The van der Waals surface area contributed by atoms with Crippen molar-refractivity contribution < 1.29 is 9.84 Å². The summed E-state index contributed by atoms with van der Waals surface area (Å²) < 4.78 is 7.72. The van der Waals surface area contributed by atoms with E-state index in [1.165, 1.54) is 6.33 Å². The zero-order valence-corrected chi connectivity index (χ0v) is 12.4. The van der Waals surface area contributed by atoms with Gasteiger partial charge in [0.25, 0.3) is 0 Å². The molecule has 0 amide bonds. The molecule has 0 aliphatic carbocycles. The van der Waals surface area contributed by atoms with E-state index in [1.807, 2.05) is 4.57 Å². The molecule has 5 N–H and O–H groups in total. The first kappa shape index (κ1) is 14.5. The van der Waals surface area contributed by atoms with Crippen LogP contribution in [0.15, 0.2) is 12.7 Å². The SMILES string of the molecule is CCSC1C(N)C(CO)OC1n1cnc2c(N)ncnc21. The molecule has 8 nitrogen and oxygen atoms in total. The quantitative estimate of drug-likeness (QED) is 0.706. The molecule has 1 saturated heterocycles. The molecule has 1 aliphatic heterocycles. The fraction of sp³-hybridized carbons (Fsp3) is 0.583. The Morgan fingerprint density at radius 3 is 2.95 bits per heavy atom. The molecule has 3 rings (SSSR count). The normalized spacial score (nSPS) is 29.3. The molecule has 1 fully saturated rings. The van der Waals surface area contributed by atoms with Crippen molar-refractivity contribution in [3.05, 3.63) is 12.7 Å². The largest absolute Gasteiger partial charge is 0.394 e. The maximum absolute atomic E-state index is 9.41. The van der Waals surface area contributed by atoms with E-state index in [0.29, 0.717) is 17.0 Å². The van der Waals surface area contributed by atoms with Crippen LogP contribution in [0.3, 0.4) is 0 Å². The number of imidazole rings is 1. The number of aliphatic hydroxyl groups is 1. The first-order valence-electron chi connectivity index (χ1n) is 6.73. The average Bonchev–Trinajstić information content (AvgIpc) is 3.03. The minimum Gasteiger partial charge on any atom is -0.394 e. The summed E-state index contributed by atoms with van der Waals surface area (Å²) in [6.07, 6.45) is 2.31. The highest BCUT2D eigenvalue weighted by molar-refractivity contribution is 7.99. The zero-order valence-electron chi connectivity index (χ0n) is 11.6. The summed E-state index contributed by atoms with van der Waals surface area (Å²) >= 11 is 1.70. The minimum absolute atomic E-state index is 0.0146. The Hall–Kier alpha value is -1.42. The summed E-state index contributed by atoms with van der Waals surface area (Å²) in [6.45, 7) is 1.95. The lowest BCUT2D eigenvalue weighted by Gasteiger charge is -2.21. The van der Waals surface area contributed by atoms with Gasteiger partial charge in [-0.2, -0.15) is 11.8 Å². The van der Waals surface area contributed by atoms with Crippen LogP contribution in [0.4, 0.5) is 5.82 Å². The molecule has 9 heteroatoms. The van der Waals surface area contributed by atoms with Gasteiger partial charge in [0.2, 0.25) is 0 Å². The van der Waals surface area contributed by atoms with Crippen LogP contribution in [0.2, 0.25) is 0 Å². The molecule has 4 unspecified atom stereocenters. The molecule has 114 valence electrons. The van der Waals surface area contributed by atoms with Crippen LogP contribution in [0.25, 0.3) is 11.2 Å². The number of hydrogen-bond donors (Lipinski definition) is 3. The third kappa shape index (κ3) is 2.35. The maximum atomic E-state index is 9.41. The summed E-state index contributed by atoms with van der Waals surface area (Å²) in [4.78, 5) is 12.4. The summed E-state index contributed by atoms with van der Waals surface area (Å²) in [5.41, 5.74) is 13.2. The highest BCUT2D eigenvalue weighted by atomic mass is 32.2. The van der Waals surface area contributed by atoms with Gasteiger partial charge in [0, 0.05) is 6.04 Å². The van der Waals surface area contributed by atoms with Crippen molar-refractivity contribution in [1.82, 2.24) is 19.5 Å². The van der Waals surface area contributed by atoms with Gasteiger partial charge in [-0.15, -0.1) is 0 Å². The third-order valence-corrected chi connectivity index (χ3v) is 4.87. The first-order chi connectivity index (χ1) is 10.2. The molecule has 0 bridgehead atoms. The van der Waals surface area contributed by atoms with Gasteiger partial charge in [-0.05, 0) is 5.75 Å². The Morgan fingerprint density at radius 1 is 1.43 bits per heavy atom. The predicted molar refractivity (Wildman–Crippen MR) is 80.6 cm³/mol. The van der Waals surface area contributed by atoms with E-state index >= 15 is 0 Å². The van der Waals surface area contributed by atoms with Crippen LogP contribution in [-0.2, 0) is 4.74 Å². The molecule has 0 radical (unpaired) electrons. The lowest BCUT2D eigenvalue weighted by Crippen LogP contribution is -2.39. The minimum atomic E-state index is -0.393. The molecule has 0 saturated carbocycles. The molecule has 2 aromatic rings. The van der Waals surface area contributed by atoms with E-state index in [2.05, 4.69) is 21.9 Å². The summed E-state index contributed by atoms with van der Waals surface area (Å²) in [6, 6.07) is -0.249. The fourth-order valence-corrected chi connectivity index (χ4v) is 3.72. The Balaban J connectivity index is 2.02. The summed E-state index contributed by atoms with van der Waals surface area (Å²) in [7, 11) is 0. The number of fused-ring (bicyclic) bond motifs is 1. The average molecular weight is 310 g/mol. The van der Waals surface area contributed by atoms with Crippen molar-refractivity contribution in [3.8, 4) is 0 Å². The molecule has 0 spiro atoms. The van der Waals surface area contributed by atoms with Gasteiger partial charge in [-0.3, -0.25) is 4.57 Å². The molecular formula is C12H18N6O2S. The molecule has 1 aliphatic rings. The van der Waals surface area contributed by atoms with Gasteiger partial charge in [0.05, 0.1) is 24.3 Å². The number of aromatic nitrogens is 4. The Morgan fingerprint density at radius 2 is 2.24 bits per heavy atom. The van der Waals surface area contributed by atoms with E-state index in [9.17, 15) is 5.11 Å². The van der Waals surface area contributed by atoms with Gasteiger partial charge < -0.3 is 21.3 Å². The van der Waals surface area contributed by atoms with E-state index in [0.717, 1.165) is 5.75 Å². The highest BCUT2D eigenvalue weighted by Gasteiger charge is 2.43. The molecule has 2 aromatic heterocycles. The summed E-state index contributed by atoms with van der Waals surface area (Å²) in [5, 5.41) is 9.42. The zero-order chi connectivity index (χ0) is 15.0. The Bertz CT molecular complexity index is 635. The van der Waals surface area contributed by atoms with Gasteiger partial charge >= 0.3 is 0 Å². The number of anilines is 1. The van der Waals surface area contributed by atoms with Crippen molar-refractivity contribution in [3.63, 3.8) is 0 Å². The number of rotatable bonds is 4. The topological polar surface area (TPSA) is 125 Å². The smallest absolute Gasteiger partial charge is 0.167 e. The van der Waals surface area contributed by atoms with Gasteiger partial charge in [0.15, 0.2) is 17.7 Å². The van der Waals surface area contributed by atoms with Crippen molar-refractivity contribution >= 4 is 28.7 Å². The number of hydrogen-bond acceptors (Lipinski definition) is 8. The van der Waals surface area contributed by atoms with Crippen LogP contribution >= 0.6 is 11.8 Å². The van der Waals surface area contributed by atoms with Crippen molar-refractivity contribution in [2.45, 2.75) is 30.5 Å². The molecule has 21 heavy (non-hydrogen) atoms. The van der Waals surface area contributed by atoms with Crippen molar-refractivity contribution in [2.75, 3.05) is 18.1 Å². The molecule has 4 atom stereocenters. The maximum Gasteiger partial charge on any atom is 0.167 e. The van der Waals surface area contributed by atoms with Crippen LogP contribution in [0, 0.1) is 0 Å². The van der Waals surface area contributed by atoms with Crippen LogP contribution in [0.5, 0.6) is 0 Å². The van der Waals surface area contributed by atoms with Gasteiger partial charge in [0.1, 0.15) is 11.8 Å². The van der Waals surface area contributed by atoms with Crippen molar-refractivity contribution in [1.29, 1.82) is 0 Å². The first-order valence-corrected chi connectivity index (χ1v) is 7.78. The fourth-order valence-electron chi connectivity index (χ4n) is 2.58. The standard InChI is InChI=1S/C12H18N6O2S/c1-2-21-9-7(13)6(3-19)20-12(9)18-5-17-8-10(14)15-4-16-11(8)18/h4-7,9,12,19H,2-3,13H2,1H3,(H2,14,15,16). The summed E-state index contributed by atoms with van der Waals surface area (Å²) in [5.74, 6) is 1.24. The monoisotopic (exact) mass is 310 g/mol. The molecule has 3 heterocycles. The van der Waals surface area contributed by atoms with Crippen LogP contribution in [0.1, 0.15) is 13.2 Å². The molecular weight excluding hydrogens is 292 g/mol. The Kier molecular flexibility index (Phi) is 3.98. The second-order valence-electron chi connectivity index (χ2n) is 4.83. The third-order valence-electron chi connectivity index (χ3n) is 3.60. The number of nitrogen functional groups attached to an aromatic ring is 1. The van der Waals surface area contributed by atoms with E-state index < -0.39 is 6.10 Å². The van der Waals surface area contributed by atoms with Gasteiger partial charge in [-0.25, -0.2) is 15.0 Å². The second kappa shape index (κ2) is 5.76. The van der Waals surface area contributed by atoms with E-state index in [1.54, 1.807) is 18.1 Å². The lowest BCUT2D eigenvalue weighted by atomic mass is 10.1. The van der Waals surface area contributed by atoms with Crippen LogP contribution in [-0.4, -0.2) is 54.4 Å². The van der Waals surface area contributed by atoms with Gasteiger partial charge in [-0.1, -0.05) is 6.92 Å². The highest BCUT2D eigenvalue weighted by Crippen LogP contribution is 2.37. The number of ether oxygens (including phenoxy) is 1.